The number of carbonyl (C=O) groups is 1. The Morgan fingerprint density at radius 3 is 2.78 bits per heavy atom. The van der Waals surface area contributed by atoms with E-state index in [0.29, 0.717) is 12.2 Å². The van der Waals surface area contributed by atoms with Crippen molar-refractivity contribution in [2.24, 2.45) is 0 Å². The summed E-state index contributed by atoms with van der Waals surface area (Å²) in [5.41, 5.74) is 8.04. The van der Waals surface area contributed by atoms with Gasteiger partial charge in [-0.2, -0.15) is 0 Å². The summed E-state index contributed by atoms with van der Waals surface area (Å²) in [4.78, 5) is 13.7. The van der Waals surface area contributed by atoms with Gasteiger partial charge in [0.1, 0.15) is 0 Å². The summed E-state index contributed by atoms with van der Waals surface area (Å²) in [5.74, 6) is -0.0850. The summed E-state index contributed by atoms with van der Waals surface area (Å²) in [6, 6.07) is 5.37. The molecule has 0 aliphatic carbocycles. The lowest BCUT2D eigenvalue weighted by molar-refractivity contribution is -0.117. The van der Waals surface area contributed by atoms with Crippen molar-refractivity contribution in [3.05, 3.63) is 23.8 Å². The number of aliphatic hydroxyl groups excluding tert-OH is 1. The molecule has 1 aromatic rings. The lowest BCUT2D eigenvalue weighted by Gasteiger charge is -2.18. The van der Waals surface area contributed by atoms with Crippen molar-refractivity contribution in [3.63, 3.8) is 0 Å². The minimum Gasteiger partial charge on any atom is -0.399 e. The Bertz CT molecular complexity index is 407. The number of anilines is 2. The van der Waals surface area contributed by atoms with Gasteiger partial charge in [0.25, 0.3) is 0 Å². The van der Waals surface area contributed by atoms with E-state index in [2.05, 4.69) is 5.32 Å². The van der Waals surface area contributed by atoms with Crippen LogP contribution in [-0.2, 0) is 4.79 Å². The highest BCUT2D eigenvalue weighted by Gasteiger charge is 2.09. The van der Waals surface area contributed by atoms with Crippen LogP contribution in [0, 0.1) is 6.92 Å². The first-order chi connectivity index (χ1) is 8.56. The molecule has 1 aromatic carbocycles. The van der Waals surface area contributed by atoms with Crippen LogP contribution in [0.5, 0.6) is 0 Å². The van der Waals surface area contributed by atoms with Crippen molar-refractivity contribution >= 4 is 17.3 Å². The average Bonchev–Trinajstić information content (AvgIpc) is 2.32. The predicted molar refractivity (Wildman–Crippen MR) is 73.4 cm³/mol. The van der Waals surface area contributed by atoms with Gasteiger partial charge < -0.3 is 16.2 Å². The van der Waals surface area contributed by atoms with Gasteiger partial charge >= 0.3 is 0 Å². The molecule has 0 fully saturated rings. The Kier molecular flexibility index (Phi) is 5.61. The van der Waals surface area contributed by atoms with Gasteiger partial charge in [-0.3, -0.25) is 9.69 Å². The molecule has 18 heavy (non-hydrogen) atoms. The number of nitrogen functional groups attached to an aromatic ring is 1. The molecule has 0 aliphatic heterocycles. The molecule has 0 radical (unpaired) electrons. The first-order valence-electron chi connectivity index (χ1n) is 6.06. The Morgan fingerprint density at radius 2 is 2.22 bits per heavy atom. The first kappa shape index (κ1) is 14.5. The van der Waals surface area contributed by atoms with E-state index in [-0.39, 0.29) is 19.1 Å². The van der Waals surface area contributed by atoms with Gasteiger partial charge in [0, 0.05) is 17.9 Å². The second kappa shape index (κ2) is 6.98. The Balaban J connectivity index is 2.58. The van der Waals surface area contributed by atoms with Gasteiger partial charge in [-0.25, -0.2) is 0 Å². The fourth-order valence-electron chi connectivity index (χ4n) is 1.71. The molecule has 5 nitrogen and oxygen atoms in total. The van der Waals surface area contributed by atoms with E-state index < -0.39 is 0 Å². The van der Waals surface area contributed by atoms with Crippen LogP contribution in [0.4, 0.5) is 11.4 Å². The molecule has 100 valence electrons. The Hall–Kier alpha value is -1.59. The number of nitrogens with two attached hydrogens (primary N) is 1. The van der Waals surface area contributed by atoms with Gasteiger partial charge in [0.05, 0.1) is 13.2 Å². The van der Waals surface area contributed by atoms with Crippen LogP contribution in [0.3, 0.4) is 0 Å². The molecule has 0 heterocycles. The van der Waals surface area contributed by atoms with Crippen LogP contribution >= 0.6 is 0 Å². The molecule has 0 spiro atoms. The molecule has 1 rings (SSSR count). The topological polar surface area (TPSA) is 78.6 Å². The summed E-state index contributed by atoms with van der Waals surface area (Å²) >= 11 is 0. The van der Waals surface area contributed by atoms with E-state index in [1.165, 1.54) is 0 Å². The van der Waals surface area contributed by atoms with Crippen molar-refractivity contribution in [1.29, 1.82) is 0 Å². The summed E-state index contributed by atoms with van der Waals surface area (Å²) in [7, 11) is 0. The largest absolute Gasteiger partial charge is 0.399 e. The molecule has 0 saturated heterocycles. The molecule has 0 bridgehead atoms. The highest BCUT2D eigenvalue weighted by molar-refractivity contribution is 5.93. The summed E-state index contributed by atoms with van der Waals surface area (Å²) in [6.07, 6.45) is 0. The number of likely N-dealkylation sites (N-methyl/N-ethyl adjacent to an activating group) is 1. The SMILES string of the molecule is CCN(CCO)CC(=O)Nc1ccc(N)cc1C. The molecule has 0 saturated carbocycles. The average molecular weight is 251 g/mol. The van der Waals surface area contributed by atoms with Gasteiger partial charge in [-0.15, -0.1) is 0 Å². The number of carbonyl (C=O) groups excluding carboxylic acids is 1. The quantitative estimate of drug-likeness (QED) is 0.654. The van der Waals surface area contributed by atoms with Crippen molar-refractivity contribution in [2.75, 3.05) is 37.3 Å². The van der Waals surface area contributed by atoms with E-state index >= 15 is 0 Å². The number of aryl methyl sites for hydroxylation is 1. The molecule has 0 unspecified atom stereocenters. The fraction of sp³-hybridized carbons (Fsp3) is 0.462. The minimum absolute atomic E-state index is 0.0576. The summed E-state index contributed by atoms with van der Waals surface area (Å²) < 4.78 is 0. The van der Waals surface area contributed by atoms with Crippen LogP contribution in [0.1, 0.15) is 12.5 Å². The fourth-order valence-corrected chi connectivity index (χ4v) is 1.71. The first-order valence-corrected chi connectivity index (χ1v) is 6.06. The molecule has 0 aliphatic rings. The highest BCUT2D eigenvalue weighted by Crippen LogP contribution is 2.17. The number of amides is 1. The summed E-state index contributed by atoms with van der Waals surface area (Å²) in [5, 5.41) is 11.7. The maximum absolute atomic E-state index is 11.8. The van der Waals surface area contributed by atoms with Crippen LogP contribution in [0.2, 0.25) is 0 Å². The molecule has 5 heteroatoms. The zero-order chi connectivity index (χ0) is 13.5. The third kappa shape index (κ3) is 4.35. The van der Waals surface area contributed by atoms with Gasteiger partial charge in [0.2, 0.25) is 5.91 Å². The zero-order valence-electron chi connectivity index (χ0n) is 10.9. The van der Waals surface area contributed by atoms with Crippen molar-refractivity contribution in [3.8, 4) is 0 Å². The predicted octanol–water partition coefficient (Wildman–Crippen LogP) is 0.830. The van der Waals surface area contributed by atoms with Crippen LogP contribution in [0.15, 0.2) is 18.2 Å². The number of rotatable bonds is 6. The van der Waals surface area contributed by atoms with Gasteiger partial charge in [-0.05, 0) is 37.2 Å². The van der Waals surface area contributed by atoms with E-state index in [9.17, 15) is 4.79 Å². The molecule has 0 aromatic heterocycles. The normalized spacial score (nSPS) is 10.7. The third-order valence-corrected chi connectivity index (χ3v) is 2.76. The minimum atomic E-state index is -0.0850. The second-order valence-electron chi connectivity index (χ2n) is 4.21. The molecular weight excluding hydrogens is 230 g/mol. The van der Waals surface area contributed by atoms with Crippen LogP contribution in [-0.4, -0.2) is 42.2 Å². The lowest BCUT2D eigenvalue weighted by atomic mass is 10.2. The summed E-state index contributed by atoms with van der Waals surface area (Å²) in [6.45, 7) is 5.43. The van der Waals surface area contributed by atoms with Crippen LogP contribution in [0.25, 0.3) is 0 Å². The van der Waals surface area contributed by atoms with E-state index in [4.69, 9.17) is 10.8 Å². The van der Waals surface area contributed by atoms with E-state index in [0.717, 1.165) is 17.8 Å². The van der Waals surface area contributed by atoms with E-state index in [1.54, 1.807) is 12.1 Å². The molecular formula is C13H21N3O2. The maximum Gasteiger partial charge on any atom is 0.238 e. The number of benzene rings is 1. The number of hydrogen-bond acceptors (Lipinski definition) is 4. The monoisotopic (exact) mass is 251 g/mol. The smallest absolute Gasteiger partial charge is 0.238 e. The Labute approximate surface area is 108 Å². The molecule has 0 atom stereocenters. The number of hydrogen-bond donors (Lipinski definition) is 3. The molecule has 1 amide bonds. The second-order valence-corrected chi connectivity index (χ2v) is 4.21. The number of nitrogens with one attached hydrogen (secondary N) is 1. The lowest BCUT2D eigenvalue weighted by Crippen LogP contribution is -2.35. The Morgan fingerprint density at radius 1 is 1.50 bits per heavy atom. The maximum atomic E-state index is 11.8. The van der Waals surface area contributed by atoms with E-state index in [1.807, 2.05) is 24.8 Å². The van der Waals surface area contributed by atoms with Gasteiger partial charge in [0.15, 0.2) is 0 Å². The number of aliphatic hydroxyl groups is 1. The molecule has 4 N–H and O–H groups in total. The van der Waals surface area contributed by atoms with Gasteiger partial charge in [-0.1, -0.05) is 6.92 Å². The van der Waals surface area contributed by atoms with Crippen molar-refractivity contribution in [1.82, 2.24) is 4.90 Å². The standard InChI is InChI=1S/C13H21N3O2/c1-3-16(6-7-17)9-13(18)15-12-5-4-11(14)8-10(12)2/h4-5,8,17H,3,6-7,9,14H2,1-2H3,(H,15,18). The number of nitrogens with zero attached hydrogens (tertiary/aromatic N) is 1. The zero-order valence-corrected chi connectivity index (χ0v) is 10.9. The van der Waals surface area contributed by atoms with Crippen LogP contribution < -0.4 is 11.1 Å². The highest BCUT2D eigenvalue weighted by atomic mass is 16.3. The van der Waals surface area contributed by atoms with Crippen molar-refractivity contribution in [2.45, 2.75) is 13.8 Å². The van der Waals surface area contributed by atoms with Crippen molar-refractivity contribution < 1.29 is 9.90 Å². The third-order valence-electron chi connectivity index (χ3n) is 2.76.